The number of hydrogen-bond donors (Lipinski definition) is 1. The third-order valence-corrected chi connectivity index (χ3v) is 4.45. The van der Waals surface area contributed by atoms with Gasteiger partial charge in [0, 0.05) is 40.5 Å². The van der Waals surface area contributed by atoms with E-state index >= 15 is 0 Å². The minimum Gasteiger partial charge on any atom is -0.381 e. The molecule has 1 aliphatic heterocycles. The molecule has 1 aromatic carbocycles. The van der Waals surface area contributed by atoms with Crippen molar-refractivity contribution in [3.63, 3.8) is 0 Å². The Kier molecular flexibility index (Phi) is 4.98. The Morgan fingerprint density at radius 1 is 1.47 bits per heavy atom. The smallest absolute Gasteiger partial charge is 0.270 e. The molecule has 104 valence electrons. The number of rotatable bonds is 4. The predicted molar refractivity (Wildman–Crippen MR) is 84.6 cm³/mol. The van der Waals surface area contributed by atoms with Gasteiger partial charge in [0.15, 0.2) is 0 Å². The largest absolute Gasteiger partial charge is 0.381 e. The number of nitrogens with one attached hydrogen (secondary N) is 1. The first-order chi connectivity index (χ1) is 9.10. The highest BCUT2D eigenvalue weighted by Crippen LogP contribution is 2.25. The molecule has 1 fully saturated rings. The molecule has 0 saturated carbocycles. The molecule has 6 heteroatoms. The summed E-state index contributed by atoms with van der Waals surface area (Å²) >= 11 is 2.15. The van der Waals surface area contributed by atoms with Crippen molar-refractivity contribution in [2.75, 3.05) is 25.0 Å². The minimum absolute atomic E-state index is 0.149. The minimum atomic E-state index is -0.355. The maximum atomic E-state index is 10.7. The van der Waals surface area contributed by atoms with Crippen LogP contribution in [0.3, 0.4) is 0 Å². The first-order valence-corrected chi connectivity index (χ1v) is 7.61. The van der Waals surface area contributed by atoms with Crippen LogP contribution in [0.25, 0.3) is 0 Å². The van der Waals surface area contributed by atoms with Gasteiger partial charge in [0.1, 0.15) is 0 Å². The van der Waals surface area contributed by atoms with Crippen LogP contribution >= 0.6 is 22.6 Å². The number of likely N-dealkylation sites (tertiary alicyclic amines) is 1. The number of non-ortho nitro benzene ring substituents is 1. The van der Waals surface area contributed by atoms with Gasteiger partial charge in [-0.05, 0) is 48.0 Å². The van der Waals surface area contributed by atoms with E-state index in [0.717, 1.165) is 41.7 Å². The van der Waals surface area contributed by atoms with Crippen molar-refractivity contribution in [1.29, 1.82) is 0 Å². The van der Waals surface area contributed by atoms with Crippen LogP contribution in [0.15, 0.2) is 18.2 Å². The van der Waals surface area contributed by atoms with Gasteiger partial charge in [-0.2, -0.15) is 0 Å². The molecule has 1 aliphatic rings. The van der Waals surface area contributed by atoms with Crippen molar-refractivity contribution < 1.29 is 4.92 Å². The van der Waals surface area contributed by atoms with Crippen LogP contribution in [0, 0.1) is 13.7 Å². The fourth-order valence-corrected chi connectivity index (χ4v) is 3.00. The average molecular weight is 375 g/mol. The second-order valence-corrected chi connectivity index (χ2v) is 5.94. The number of anilines is 1. The SMILES string of the molecule is CCN1CCC(Nc2ccc([N+](=O)[O-])cc2I)CC1. The zero-order valence-corrected chi connectivity index (χ0v) is 13.1. The molecule has 0 aliphatic carbocycles. The Bertz CT molecular complexity index is 459. The molecule has 1 heterocycles. The third kappa shape index (κ3) is 3.79. The van der Waals surface area contributed by atoms with Gasteiger partial charge < -0.3 is 10.2 Å². The van der Waals surface area contributed by atoms with Gasteiger partial charge in [-0.15, -0.1) is 0 Å². The number of halogens is 1. The summed E-state index contributed by atoms with van der Waals surface area (Å²) in [6.45, 7) is 5.55. The summed E-state index contributed by atoms with van der Waals surface area (Å²) in [4.78, 5) is 12.8. The van der Waals surface area contributed by atoms with Gasteiger partial charge in [0.05, 0.1) is 4.92 Å². The zero-order chi connectivity index (χ0) is 13.8. The maximum absolute atomic E-state index is 10.7. The van der Waals surface area contributed by atoms with Gasteiger partial charge in [-0.3, -0.25) is 10.1 Å². The molecule has 2 rings (SSSR count). The fraction of sp³-hybridized carbons (Fsp3) is 0.538. The van der Waals surface area contributed by atoms with Gasteiger partial charge in [0.25, 0.3) is 5.69 Å². The Hall–Kier alpha value is -0.890. The molecule has 0 radical (unpaired) electrons. The molecule has 0 atom stereocenters. The van der Waals surface area contributed by atoms with Crippen LogP contribution in [0.2, 0.25) is 0 Å². The van der Waals surface area contributed by atoms with Crippen molar-refractivity contribution >= 4 is 34.0 Å². The summed E-state index contributed by atoms with van der Waals surface area (Å²) in [5.74, 6) is 0. The van der Waals surface area contributed by atoms with Gasteiger partial charge in [-0.1, -0.05) is 6.92 Å². The predicted octanol–water partition coefficient (Wildman–Crippen LogP) is 3.10. The van der Waals surface area contributed by atoms with E-state index in [1.54, 1.807) is 12.1 Å². The maximum Gasteiger partial charge on any atom is 0.270 e. The fourth-order valence-electron chi connectivity index (χ4n) is 2.35. The summed E-state index contributed by atoms with van der Waals surface area (Å²) in [5, 5.41) is 14.2. The summed E-state index contributed by atoms with van der Waals surface area (Å²) in [5.41, 5.74) is 1.15. The van der Waals surface area contributed by atoms with Crippen molar-refractivity contribution in [1.82, 2.24) is 4.90 Å². The summed E-state index contributed by atoms with van der Waals surface area (Å²) in [6.07, 6.45) is 2.25. The van der Waals surface area contributed by atoms with Gasteiger partial charge >= 0.3 is 0 Å². The molecule has 0 aromatic heterocycles. The Labute approximate surface area is 126 Å². The molecule has 1 N–H and O–H groups in total. The van der Waals surface area contributed by atoms with Crippen molar-refractivity contribution in [3.8, 4) is 0 Å². The zero-order valence-electron chi connectivity index (χ0n) is 10.9. The lowest BCUT2D eigenvalue weighted by Crippen LogP contribution is -2.38. The molecule has 0 amide bonds. The first-order valence-electron chi connectivity index (χ1n) is 6.53. The number of piperidine rings is 1. The van der Waals surface area contributed by atoms with Crippen molar-refractivity contribution in [2.45, 2.75) is 25.8 Å². The van der Waals surface area contributed by atoms with Crippen LogP contribution in [0.1, 0.15) is 19.8 Å². The van der Waals surface area contributed by atoms with Crippen LogP contribution in [-0.2, 0) is 0 Å². The van der Waals surface area contributed by atoms with E-state index in [1.807, 2.05) is 6.07 Å². The van der Waals surface area contributed by atoms with E-state index in [2.05, 4.69) is 39.7 Å². The lowest BCUT2D eigenvalue weighted by molar-refractivity contribution is -0.384. The first kappa shape index (κ1) is 14.5. The van der Waals surface area contributed by atoms with E-state index in [1.165, 1.54) is 0 Å². The molecular formula is C13H18IN3O2. The molecular weight excluding hydrogens is 357 g/mol. The van der Waals surface area contributed by atoms with Crippen LogP contribution in [0.5, 0.6) is 0 Å². The summed E-state index contributed by atoms with van der Waals surface area (Å²) in [6, 6.07) is 5.46. The quantitative estimate of drug-likeness (QED) is 0.499. The number of nitrogens with zero attached hydrogens (tertiary/aromatic N) is 2. The molecule has 19 heavy (non-hydrogen) atoms. The number of nitro benzene ring substituents is 1. The second kappa shape index (κ2) is 6.51. The van der Waals surface area contributed by atoms with E-state index in [9.17, 15) is 10.1 Å². The number of nitro groups is 1. The molecule has 0 unspecified atom stereocenters. The van der Waals surface area contributed by atoms with Crippen molar-refractivity contribution in [3.05, 3.63) is 31.9 Å². The highest BCUT2D eigenvalue weighted by atomic mass is 127. The van der Waals surface area contributed by atoms with Crippen LogP contribution < -0.4 is 5.32 Å². The van der Waals surface area contributed by atoms with E-state index < -0.39 is 0 Å². The Balaban J connectivity index is 1.98. The molecule has 0 spiro atoms. The molecule has 5 nitrogen and oxygen atoms in total. The van der Waals surface area contributed by atoms with Crippen LogP contribution in [0.4, 0.5) is 11.4 Å². The summed E-state index contributed by atoms with van der Waals surface area (Å²) < 4.78 is 0.907. The van der Waals surface area contributed by atoms with Crippen LogP contribution in [-0.4, -0.2) is 35.5 Å². The normalized spacial score (nSPS) is 17.4. The lowest BCUT2D eigenvalue weighted by Gasteiger charge is -2.32. The van der Waals surface area contributed by atoms with Crippen molar-refractivity contribution in [2.24, 2.45) is 0 Å². The molecule has 1 saturated heterocycles. The van der Waals surface area contributed by atoms with E-state index in [4.69, 9.17) is 0 Å². The van der Waals surface area contributed by atoms with Gasteiger partial charge in [-0.25, -0.2) is 0 Å². The molecule has 0 bridgehead atoms. The number of benzene rings is 1. The summed E-state index contributed by atoms with van der Waals surface area (Å²) in [7, 11) is 0. The van der Waals surface area contributed by atoms with E-state index in [-0.39, 0.29) is 10.6 Å². The second-order valence-electron chi connectivity index (χ2n) is 4.77. The molecule has 1 aromatic rings. The monoisotopic (exact) mass is 375 g/mol. The lowest BCUT2D eigenvalue weighted by atomic mass is 10.0. The van der Waals surface area contributed by atoms with E-state index in [0.29, 0.717) is 6.04 Å². The standard InChI is InChI=1S/C13H18IN3O2/c1-2-16-7-5-10(6-8-16)15-13-4-3-11(17(18)19)9-12(13)14/h3-4,9-10,15H,2,5-8H2,1H3. The Morgan fingerprint density at radius 2 is 2.16 bits per heavy atom. The topological polar surface area (TPSA) is 58.4 Å². The highest BCUT2D eigenvalue weighted by Gasteiger charge is 2.19. The highest BCUT2D eigenvalue weighted by molar-refractivity contribution is 14.1. The van der Waals surface area contributed by atoms with Gasteiger partial charge in [0.2, 0.25) is 0 Å². The Morgan fingerprint density at radius 3 is 2.68 bits per heavy atom. The number of hydrogen-bond acceptors (Lipinski definition) is 4. The third-order valence-electron chi connectivity index (χ3n) is 3.56. The average Bonchev–Trinajstić information content (AvgIpc) is 2.41.